The van der Waals surface area contributed by atoms with Gasteiger partial charge in [-0.25, -0.2) is 22.0 Å². The van der Waals surface area contributed by atoms with Gasteiger partial charge in [0, 0.05) is 11.5 Å². The highest BCUT2D eigenvalue weighted by Crippen LogP contribution is 2.26. The number of halogens is 2. The number of hydrazone groups is 1. The molecule has 0 amide bonds. The first kappa shape index (κ1) is 19.5. The summed E-state index contributed by atoms with van der Waals surface area (Å²) in [6, 6.07) is 10.5. The van der Waals surface area contributed by atoms with E-state index in [1.807, 2.05) is 6.92 Å². The van der Waals surface area contributed by atoms with Crippen LogP contribution in [0, 0.1) is 17.6 Å². The lowest BCUT2D eigenvalue weighted by atomic mass is 9.87. The monoisotopic (exact) mass is 392 g/mol. The van der Waals surface area contributed by atoms with Crippen molar-refractivity contribution in [2.24, 2.45) is 11.0 Å². The van der Waals surface area contributed by atoms with Crippen LogP contribution in [0.2, 0.25) is 0 Å². The maximum atomic E-state index is 13.8. The molecular formula is C20H22F2N2O2S. The minimum absolute atomic E-state index is 0.00759. The fourth-order valence-electron chi connectivity index (χ4n) is 3.38. The minimum atomic E-state index is -3.58. The van der Waals surface area contributed by atoms with E-state index in [-0.39, 0.29) is 17.5 Å². The van der Waals surface area contributed by atoms with E-state index in [4.69, 9.17) is 0 Å². The zero-order valence-electron chi connectivity index (χ0n) is 15.1. The summed E-state index contributed by atoms with van der Waals surface area (Å²) in [6.07, 6.45) is 3.14. The van der Waals surface area contributed by atoms with E-state index in [0.29, 0.717) is 16.8 Å². The van der Waals surface area contributed by atoms with Gasteiger partial charge in [0.2, 0.25) is 0 Å². The predicted octanol–water partition coefficient (Wildman–Crippen LogP) is 4.15. The van der Waals surface area contributed by atoms with Crippen LogP contribution in [-0.2, 0) is 22.2 Å². The molecule has 0 fully saturated rings. The number of hydrogen-bond donors (Lipinski definition) is 1. The van der Waals surface area contributed by atoms with E-state index >= 15 is 0 Å². The molecule has 1 unspecified atom stereocenters. The Morgan fingerprint density at radius 3 is 2.52 bits per heavy atom. The van der Waals surface area contributed by atoms with Gasteiger partial charge >= 0.3 is 0 Å². The van der Waals surface area contributed by atoms with Crippen molar-refractivity contribution >= 4 is 15.7 Å². The van der Waals surface area contributed by atoms with Crippen molar-refractivity contribution in [1.82, 2.24) is 4.83 Å². The lowest BCUT2D eigenvalue weighted by molar-refractivity contribution is 0.567. The average molecular weight is 392 g/mol. The number of nitrogens with one attached hydrogen (secondary N) is 1. The number of rotatable bonds is 6. The van der Waals surface area contributed by atoms with Gasteiger partial charge in [0.05, 0.1) is 11.5 Å². The Balaban J connectivity index is 1.80. The molecule has 3 rings (SSSR count). The topological polar surface area (TPSA) is 58.5 Å². The maximum absolute atomic E-state index is 13.8. The van der Waals surface area contributed by atoms with Gasteiger partial charge in [0.15, 0.2) is 0 Å². The molecule has 1 atom stereocenters. The number of hydrogen-bond acceptors (Lipinski definition) is 3. The Kier molecular flexibility index (Phi) is 5.89. The molecule has 0 spiro atoms. The van der Waals surface area contributed by atoms with Crippen molar-refractivity contribution in [2.45, 2.75) is 38.4 Å². The Labute approximate surface area is 158 Å². The molecule has 0 saturated heterocycles. The van der Waals surface area contributed by atoms with Crippen LogP contribution in [0.3, 0.4) is 0 Å². The number of fused-ring (bicyclic) bond motifs is 1. The quantitative estimate of drug-likeness (QED) is 0.803. The van der Waals surface area contributed by atoms with E-state index in [2.05, 4.69) is 9.93 Å². The summed E-state index contributed by atoms with van der Waals surface area (Å²) in [5.41, 5.74) is 2.72. The van der Waals surface area contributed by atoms with Crippen LogP contribution >= 0.6 is 0 Å². The first-order chi connectivity index (χ1) is 12.9. The second-order valence-electron chi connectivity index (χ2n) is 6.77. The summed E-state index contributed by atoms with van der Waals surface area (Å²) < 4.78 is 50.9. The van der Waals surface area contributed by atoms with Gasteiger partial charge in [0.25, 0.3) is 10.0 Å². The highest BCUT2D eigenvalue weighted by Gasteiger charge is 2.26. The smallest absolute Gasteiger partial charge is 0.207 e. The minimum Gasteiger partial charge on any atom is -0.207 e. The summed E-state index contributed by atoms with van der Waals surface area (Å²) in [5, 5.41) is 4.13. The fourth-order valence-corrected chi connectivity index (χ4v) is 4.34. The summed E-state index contributed by atoms with van der Waals surface area (Å²) in [7, 11) is -3.58. The number of nitrogens with zero attached hydrogens (tertiary/aromatic N) is 1. The number of sulfonamides is 1. The van der Waals surface area contributed by atoms with Crippen molar-refractivity contribution in [3.8, 4) is 0 Å². The maximum Gasteiger partial charge on any atom is 0.251 e. The van der Waals surface area contributed by atoms with Gasteiger partial charge in [-0.3, -0.25) is 0 Å². The zero-order chi connectivity index (χ0) is 19.4. The highest BCUT2D eigenvalue weighted by molar-refractivity contribution is 7.88. The molecule has 0 bridgehead atoms. The zero-order valence-corrected chi connectivity index (χ0v) is 15.9. The third kappa shape index (κ3) is 4.91. The van der Waals surface area contributed by atoms with Gasteiger partial charge in [0.1, 0.15) is 11.6 Å². The molecule has 1 N–H and O–H groups in total. The Morgan fingerprint density at radius 2 is 1.81 bits per heavy atom. The summed E-state index contributed by atoms with van der Waals surface area (Å²) in [5.74, 6) is -0.903. The predicted molar refractivity (Wildman–Crippen MR) is 102 cm³/mol. The number of aryl methyl sites for hydroxylation is 1. The standard InChI is InChI=1S/C20H22F2N2O2S/c1-2-15(5-3-4-14-6-9-17(21)10-7-14)20-19-12-18(22)11-8-16(19)13-27(25,26)24-23-20/h6-12,15,24H,2-5,13H2,1H3. The molecule has 144 valence electrons. The van der Waals surface area contributed by atoms with Crippen molar-refractivity contribution in [1.29, 1.82) is 0 Å². The third-order valence-electron chi connectivity index (χ3n) is 4.81. The van der Waals surface area contributed by atoms with Crippen molar-refractivity contribution in [2.75, 3.05) is 0 Å². The molecule has 1 aliphatic rings. The highest BCUT2D eigenvalue weighted by atomic mass is 32.2. The molecule has 7 heteroatoms. The van der Waals surface area contributed by atoms with Gasteiger partial charge in [-0.1, -0.05) is 25.1 Å². The molecular weight excluding hydrogens is 370 g/mol. The van der Waals surface area contributed by atoms with Gasteiger partial charge in [-0.2, -0.15) is 5.10 Å². The molecule has 1 heterocycles. The fraction of sp³-hybridized carbons (Fsp3) is 0.350. The molecule has 1 aliphatic heterocycles. The van der Waals surface area contributed by atoms with Crippen LogP contribution in [0.5, 0.6) is 0 Å². The van der Waals surface area contributed by atoms with E-state index in [1.54, 1.807) is 12.1 Å². The van der Waals surface area contributed by atoms with Crippen LogP contribution in [0.15, 0.2) is 47.6 Å². The Hall–Kier alpha value is -2.28. The molecule has 4 nitrogen and oxygen atoms in total. The molecule has 0 radical (unpaired) electrons. The summed E-state index contributed by atoms with van der Waals surface area (Å²) in [6.45, 7) is 2.00. The van der Waals surface area contributed by atoms with Crippen LogP contribution in [-0.4, -0.2) is 14.1 Å². The Bertz CT molecular complexity index is 941. The molecule has 2 aromatic carbocycles. The van der Waals surface area contributed by atoms with Gasteiger partial charge in [-0.05, 0) is 61.1 Å². The Morgan fingerprint density at radius 1 is 1.11 bits per heavy atom. The molecule has 0 aromatic heterocycles. The SMILES string of the molecule is CCC(CCCc1ccc(F)cc1)C1=NNS(=O)(=O)Cc2ccc(F)cc21. The van der Waals surface area contributed by atoms with Crippen LogP contribution in [0.1, 0.15) is 42.9 Å². The van der Waals surface area contributed by atoms with Crippen molar-refractivity contribution in [3.63, 3.8) is 0 Å². The van der Waals surface area contributed by atoms with Gasteiger partial charge < -0.3 is 0 Å². The summed E-state index contributed by atoms with van der Waals surface area (Å²) in [4.78, 5) is 2.26. The van der Waals surface area contributed by atoms with E-state index < -0.39 is 15.8 Å². The number of benzene rings is 2. The van der Waals surface area contributed by atoms with Crippen LogP contribution < -0.4 is 4.83 Å². The van der Waals surface area contributed by atoms with E-state index in [9.17, 15) is 17.2 Å². The first-order valence-corrected chi connectivity index (χ1v) is 10.6. The third-order valence-corrected chi connectivity index (χ3v) is 5.87. The van der Waals surface area contributed by atoms with E-state index in [1.165, 1.54) is 30.3 Å². The average Bonchev–Trinajstić information content (AvgIpc) is 2.76. The summed E-state index contributed by atoms with van der Waals surface area (Å²) >= 11 is 0. The van der Waals surface area contributed by atoms with Crippen LogP contribution in [0.4, 0.5) is 8.78 Å². The second-order valence-corrected chi connectivity index (χ2v) is 8.47. The first-order valence-electron chi connectivity index (χ1n) is 8.98. The van der Waals surface area contributed by atoms with Gasteiger partial charge in [-0.15, -0.1) is 0 Å². The normalized spacial score (nSPS) is 16.6. The lowest BCUT2D eigenvalue weighted by Gasteiger charge is -2.18. The molecule has 2 aromatic rings. The molecule has 0 saturated carbocycles. The second kappa shape index (κ2) is 8.17. The van der Waals surface area contributed by atoms with Crippen molar-refractivity contribution in [3.05, 3.63) is 70.8 Å². The molecule has 0 aliphatic carbocycles. The largest absolute Gasteiger partial charge is 0.251 e. The van der Waals surface area contributed by atoms with Crippen molar-refractivity contribution < 1.29 is 17.2 Å². The van der Waals surface area contributed by atoms with E-state index in [0.717, 1.165) is 31.2 Å². The molecule has 27 heavy (non-hydrogen) atoms. The lowest BCUT2D eigenvalue weighted by Crippen LogP contribution is -2.21. The van der Waals surface area contributed by atoms with Crippen LogP contribution in [0.25, 0.3) is 0 Å².